The molecular formula is C17H20FN3O5. The lowest BCUT2D eigenvalue weighted by Gasteiger charge is -2.19. The fourth-order valence-electron chi connectivity index (χ4n) is 1.82. The van der Waals surface area contributed by atoms with Crippen LogP contribution in [0.5, 0.6) is 0 Å². The van der Waals surface area contributed by atoms with Crippen molar-refractivity contribution in [1.29, 1.82) is 0 Å². The molecule has 2 rings (SSSR count). The van der Waals surface area contributed by atoms with Crippen molar-refractivity contribution in [2.75, 3.05) is 6.54 Å². The number of rotatable bonds is 6. The normalized spacial score (nSPS) is 11.1. The van der Waals surface area contributed by atoms with Gasteiger partial charge in [0, 0.05) is 12.1 Å². The van der Waals surface area contributed by atoms with Crippen molar-refractivity contribution in [2.24, 2.45) is 0 Å². The average molecular weight is 365 g/mol. The number of hydrogen-bond donors (Lipinski definition) is 1. The smallest absolute Gasteiger partial charge is 0.407 e. The summed E-state index contributed by atoms with van der Waals surface area (Å²) < 4.78 is 27.9. The molecule has 0 saturated heterocycles. The molecule has 0 aliphatic heterocycles. The molecule has 0 aliphatic rings. The number of alkyl carbamates (subject to hydrolysis) is 1. The number of carbonyl (C=O) groups is 2. The van der Waals surface area contributed by atoms with E-state index in [9.17, 15) is 14.0 Å². The second-order valence-corrected chi connectivity index (χ2v) is 6.36. The van der Waals surface area contributed by atoms with Gasteiger partial charge >= 0.3 is 12.1 Å². The van der Waals surface area contributed by atoms with Crippen LogP contribution in [0, 0.1) is 5.82 Å². The molecule has 0 spiro atoms. The Kier molecular flexibility index (Phi) is 6.26. The molecule has 0 aliphatic carbocycles. The van der Waals surface area contributed by atoms with E-state index in [1.807, 2.05) is 0 Å². The number of halogens is 1. The summed E-state index contributed by atoms with van der Waals surface area (Å²) in [5.74, 6) is -0.533. The molecule has 8 nitrogen and oxygen atoms in total. The van der Waals surface area contributed by atoms with E-state index in [2.05, 4.69) is 15.5 Å². The van der Waals surface area contributed by atoms with Crippen molar-refractivity contribution in [3.05, 3.63) is 36.0 Å². The van der Waals surface area contributed by atoms with Crippen molar-refractivity contribution in [2.45, 2.75) is 39.4 Å². The average Bonchev–Trinajstić information content (AvgIpc) is 3.01. The van der Waals surface area contributed by atoms with Crippen LogP contribution in [0.2, 0.25) is 0 Å². The van der Waals surface area contributed by atoms with Crippen LogP contribution < -0.4 is 5.32 Å². The maximum absolute atomic E-state index is 12.9. The summed E-state index contributed by atoms with van der Waals surface area (Å²) in [7, 11) is 0. The molecule has 1 aromatic carbocycles. The van der Waals surface area contributed by atoms with Crippen LogP contribution in [0.1, 0.15) is 33.1 Å². The van der Waals surface area contributed by atoms with E-state index in [-0.39, 0.29) is 37.1 Å². The first-order valence-electron chi connectivity index (χ1n) is 7.94. The fourth-order valence-corrected chi connectivity index (χ4v) is 1.82. The predicted molar refractivity (Wildman–Crippen MR) is 88.3 cm³/mol. The zero-order chi connectivity index (χ0) is 19.2. The van der Waals surface area contributed by atoms with E-state index in [0.29, 0.717) is 5.56 Å². The van der Waals surface area contributed by atoms with Gasteiger partial charge in [0.1, 0.15) is 11.4 Å². The Labute approximate surface area is 149 Å². The monoisotopic (exact) mass is 365 g/mol. The van der Waals surface area contributed by atoms with Gasteiger partial charge < -0.3 is 19.3 Å². The molecule has 0 atom stereocenters. The lowest BCUT2D eigenvalue weighted by atomic mass is 10.2. The number of carbonyl (C=O) groups excluding carboxylic acids is 2. The number of nitrogens with zero attached hydrogens (tertiary/aromatic N) is 2. The molecule has 140 valence electrons. The molecule has 2 aromatic rings. The van der Waals surface area contributed by atoms with Gasteiger partial charge in [0.25, 0.3) is 5.89 Å². The molecule has 0 fully saturated rings. The number of nitrogens with one attached hydrogen (secondary N) is 1. The third-order valence-corrected chi connectivity index (χ3v) is 2.92. The van der Waals surface area contributed by atoms with E-state index in [4.69, 9.17) is 14.0 Å². The van der Waals surface area contributed by atoms with E-state index in [1.165, 1.54) is 24.3 Å². The molecule has 1 aromatic heterocycles. The van der Waals surface area contributed by atoms with E-state index in [1.54, 1.807) is 20.8 Å². The summed E-state index contributed by atoms with van der Waals surface area (Å²) in [6.07, 6.45) is -0.635. The standard InChI is InChI=1S/C17H20FN3O5/c1-17(2,3)25-16(23)19-9-8-14(22)24-10-13-20-15(21-26-13)11-4-6-12(18)7-5-11/h4-7H,8-10H2,1-3H3,(H,19,23). The second kappa shape index (κ2) is 8.41. The first-order chi connectivity index (χ1) is 12.2. The van der Waals surface area contributed by atoms with E-state index < -0.39 is 17.7 Å². The highest BCUT2D eigenvalue weighted by Crippen LogP contribution is 2.16. The number of aromatic nitrogens is 2. The van der Waals surface area contributed by atoms with Crippen LogP contribution in [0.3, 0.4) is 0 Å². The largest absolute Gasteiger partial charge is 0.456 e. The lowest BCUT2D eigenvalue weighted by Crippen LogP contribution is -2.33. The maximum atomic E-state index is 12.9. The third-order valence-electron chi connectivity index (χ3n) is 2.92. The van der Waals surface area contributed by atoms with E-state index >= 15 is 0 Å². The first kappa shape index (κ1) is 19.4. The summed E-state index contributed by atoms with van der Waals surface area (Å²) in [5.41, 5.74) is -0.0283. The summed E-state index contributed by atoms with van der Waals surface area (Å²) >= 11 is 0. The van der Waals surface area contributed by atoms with Crippen molar-refractivity contribution >= 4 is 12.1 Å². The van der Waals surface area contributed by atoms with Gasteiger partial charge in [0.05, 0.1) is 6.42 Å². The van der Waals surface area contributed by atoms with Gasteiger partial charge in [0.15, 0.2) is 6.61 Å². The zero-order valence-corrected chi connectivity index (χ0v) is 14.7. The van der Waals surface area contributed by atoms with Crippen LogP contribution in [0.4, 0.5) is 9.18 Å². The maximum Gasteiger partial charge on any atom is 0.407 e. The summed E-state index contributed by atoms with van der Waals surface area (Å²) in [4.78, 5) is 27.2. The van der Waals surface area contributed by atoms with Gasteiger partial charge in [-0.25, -0.2) is 9.18 Å². The zero-order valence-electron chi connectivity index (χ0n) is 14.7. The molecule has 1 amide bonds. The Hall–Kier alpha value is -2.97. The molecule has 0 radical (unpaired) electrons. The van der Waals surface area contributed by atoms with Crippen molar-refractivity contribution in [3.63, 3.8) is 0 Å². The van der Waals surface area contributed by atoms with E-state index in [0.717, 1.165) is 0 Å². The number of ether oxygens (including phenoxy) is 2. The first-order valence-corrected chi connectivity index (χ1v) is 7.94. The molecule has 26 heavy (non-hydrogen) atoms. The molecular weight excluding hydrogens is 345 g/mol. The van der Waals surface area contributed by atoms with Crippen LogP contribution >= 0.6 is 0 Å². The minimum Gasteiger partial charge on any atom is -0.456 e. The number of hydrogen-bond acceptors (Lipinski definition) is 7. The minimum atomic E-state index is -0.606. The SMILES string of the molecule is CC(C)(C)OC(=O)NCCC(=O)OCc1nc(-c2ccc(F)cc2)no1. The molecule has 1 heterocycles. The Morgan fingerprint density at radius 1 is 1.23 bits per heavy atom. The molecule has 0 unspecified atom stereocenters. The third kappa shape index (κ3) is 6.50. The number of esters is 1. The summed E-state index contributed by atoms with van der Waals surface area (Å²) in [6.45, 7) is 5.11. The number of amides is 1. The second-order valence-electron chi connectivity index (χ2n) is 6.36. The predicted octanol–water partition coefficient (Wildman–Crippen LogP) is 2.83. The van der Waals surface area contributed by atoms with Crippen LogP contribution in [0.15, 0.2) is 28.8 Å². The summed E-state index contributed by atoms with van der Waals surface area (Å²) in [5, 5.41) is 6.19. The van der Waals surface area contributed by atoms with Crippen LogP contribution in [-0.4, -0.2) is 34.3 Å². The topological polar surface area (TPSA) is 104 Å². The quantitative estimate of drug-likeness (QED) is 0.785. The molecule has 9 heteroatoms. The molecule has 0 saturated carbocycles. The minimum absolute atomic E-state index is 0.0296. The van der Waals surface area contributed by atoms with Crippen molar-refractivity contribution in [1.82, 2.24) is 15.5 Å². The van der Waals surface area contributed by atoms with Crippen molar-refractivity contribution < 1.29 is 28.0 Å². The Morgan fingerprint density at radius 3 is 2.58 bits per heavy atom. The van der Waals surface area contributed by atoms with Gasteiger partial charge in [-0.05, 0) is 45.0 Å². The van der Waals surface area contributed by atoms with Gasteiger partial charge in [0.2, 0.25) is 5.82 Å². The Morgan fingerprint density at radius 2 is 1.92 bits per heavy atom. The van der Waals surface area contributed by atoms with Gasteiger partial charge in [-0.3, -0.25) is 4.79 Å². The highest BCUT2D eigenvalue weighted by molar-refractivity contribution is 5.72. The van der Waals surface area contributed by atoms with Gasteiger partial charge in [-0.15, -0.1) is 0 Å². The Balaban J connectivity index is 1.73. The Bertz CT molecular complexity index is 753. The van der Waals surface area contributed by atoms with Crippen LogP contribution in [0.25, 0.3) is 11.4 Å². The molecule has 0 bridgehead atoms. The molecule has 1 N–H and O–H groups in total. The summed E-state index contributed by atoms with van der Waals surface area (Å²) in [6, 6.07) is 5.59. The van der Waals surface area contributed by atoms with Crippen molar-refractivity contribution in [3.8, 4) is 11.4 Å². The number of benzene rings is 1. The van der Waals surface area contributed by atoms with Gasteiger partial charge in [-0.1, -0.05) is 5.16 Å². The fraction of sp³-hybridized carbons (Fsp3) is 0.412. The van der Waals surface area contributed by atoms with Crippen LogP contribution in [-0.2, 0) is 20.9 Å². The van der Waals surface area contributed by atoms with Gasteiger partial charge in [-0.2, -0.15) is 4.98 Å². The lowest BCUT2D eigenvalue weighted by molar-refractivity contribution is -0.145. The highest BCUT2D eigenvalue weighted by atomic mass is 19.1. The highest BCUT2D eigenvalue weighted by Gasteiger charge is 2.16.